The fourth-order valence-corrected chi connectivity index (χ4v) is 4.55. The number of hydrogen-bond acceptors (Lipinski definition) is 4. The summed E-state index contributed by atoms with van der Waals surface area (Å²) in [7, 11) is 1.59. The molecule has 1 atom stereocenters. The Balaban J connectivity index is 1.62. The number of fused-ring (bicyclic) bond motifs is 4. The molecule has 0 saturated heterocycles. The average Bonchev–Trinajstić information content (AvgIpc) is 3.47. The number of phenolic OH excluding ortho intramolecular Hbond substituents is 1. The minimum Gasteiger partial charge on any atom is -0.506 e. The number of aromatic amines is 2. The summed E-state index contributed by atoms with van der Waals surface area (Å²) < 4.78 is 5.25. The first kappa shape index (κ1) is 19.3. The number of rotatable bonds is 4. The third kappa shape index (κ3) is 2.90. The average molecular weight is 439 g/mol. The monoisotopic (exact) mass is 438 g/mol. The molecule has 3 heterocycles. The summed E-state index contributed by atoms with van der Waals surface area (Å²) in [5.74, 6) is -0.137. The van der Waals surface area contributed by atoms with Crippen LogP contribution in [-0.4, -0.2) is 46.4 Å². The van der Waals surface area contributed by atoms with Crippen LogP contribution in [0.15, 0.2) is 36.4 Å². The summed E-state index contributed by atoms with van der Waals surface area (Å²) in [6, 6.07) is 10.4. The number of phenols is 1. The van der Waals surface area contributed by atoms with E-state index in [9.17, 15) is 14.7 Å². The highest BCUT2D eigenvalue weighted by molar-refractivity contribution is 6.19. The van der Waals surface area contributed by atoms with Gasteiger partial charge in [0.1, 0.15) is 22.9 Å². The van der Waals surface area contributed by atoms with Crippen LogP contribution in [0.5, 0.6) is 11.5 Å². The topological polar surface area (TPSA) is 124 Å². The first-order chi connectivity index (χ1) is 14.9. The summed E-state index contributed by atoms with van der Waals surface area (Å²) in [5, 5.41) is 12.0. The highest BCUT2D eigenvalue weighted by Crippen LogP contribution is 2.45. The number of amides is 2. The van der Waals surface area contributed by atoms with E-state index in [1.54, 1.807) is 24.1 Å². The Bertz CT molecular complexity index is 1370. The normalized spacial score (nSPS) is 15.5. The molecule has 5 N–H and O–H groups in total. The number of benzene rings is 2. The SMILES string of the molecule is COc1ccc2[nH]c(C(=O)N3CC(CCl)c4c3cc(O)c3[nH]c(C(N)=O)cc43)cc2c1. The first-order valence-electron chi connectivity index (χ1n) is 9.64. The molecule has 158 valence electrons. The molecule has 1 aliphatic heterocycles. The van der Waals surface area contributed by atoms with Gasteiger partial charge in [0.25, 0.3) is 11.8 Å². The van der Waals surface area contributed by atoms with Crippen LogP contribution in [-0.2, 0) is 0 Å². The van der Waals surface area contributed by atoms with E-state index in [0.29, 0.717) is 34.6 Å². The molecule has 9 heteroatoms. The molecule has 1 unspecified atom stereocenters. The summed E-state index contributed by atoms with van der Waals surface area (Å²) >= 11 is 6.23. The number of hydrogen-bond donors (Lipinski definition) is 4. The van der Waals surface area contributed by atoms with Gasteiger partial charge in [-0.05, 0) is 35.9 Å². The van der Waals surface area contributed by atoms with Crippen molar-refractivity contribution in [3.8, 4) is 11.5 Å². The van der Waals surface area contributed by atoms with E-state index in [4.69, 9.17) is 22.1 Å². The number of alkyl halides is 1. The third-order valence-corrected chi connectivity index (χ3v) is 6.14. The van der Waals surface area contributed by atoms with E-state index >= 15 is 0 Å². The molecule has 0 bridgehead atoms. The van der Waals surface area contributed by atoms with Crippen LogP contribution in [0.25, 0.3) is 21.8 Å². The largest absolute Gasteiger partial charge is 0.506 e. The minimum absolute atomic E-state index is 0.0735. The molecule has 31 heavy (non-hydrogen) atoms. The number of nitrogens with zero attached hydrogens (tertiary/aromatic N) is 1. The van der Waals surface area contributed by atoms with Crippen molar-refractivity contribution >= 4 is 50.9 Å². The Hall–Kier alpha value is -3.65. The quantitative estimate of drug-likeness (QED) is 0.364. The lowest BCUT2D eigenvalue weighted by atomic mass is 9.98. The lowest BCUT2D eigenvalue weighted by Gasteiger charge is -2.17. The fraction of sp³-hybridized carbons (Fsp3) is 0.182. The van der Waals surface area contributed by atoms with Crippen molar-refractivity contribution in [3.63, 3.8) is 0 Å². The van der Waals surface area contributed by atoms with Gasteiger partial charge in [-0.25, -0.2) is 0 Å². The van der Waals surface area contributed by atoms with E-state index in [2.05, 4.69) is 9.97 Å². The molecule has 0 radical (unpaired) electrons. The molecule has 2 aromatic carbocycles. The second kappa shape index (κ2) is 6.95. The smallest absolute Gasteiger partial charge is 0.274 e. The number of methoxy groups -OCH3 is 1. The van der Waals surface area contributed by atoms with E-state index < -0.39 is 5.91 Å². The summed E-state index contributed by atoms with van der Waals surface area (Å²) in [6.45, 7) is 0.353. The summed E-state index contributed by atoms with van der Waals surface area (Å²) in [4.78, 5) is 32.6. The van der Waals surface area contributed by atoms with Gasteiger partial charge in [-0.3, -0.25) is 9.59 Å². The van der Waals surface area contributed by atoms with Crippen molar-refractivity contribution in [3.05, 3.63) is 53.3 Å². The Morgan fingerprint density at radius 1 is 1.23 bits per heavy atom. The predicted molar refractivity (Wildman–Crippen MR) is 118 cm³/mol. The van der Waals surface area contributed by atoms with Crippen molar-refractivity contribution in [1.29, 1.82) is 0 Å². The number of carbonyl (C=O) groups excluding carboxylic acids is 2. The van der Waals surface area contributed by atoms with Gasteiger partial charge in [-0.1, -0.05) is 0 Å². The molecule has 1 aliphatic rings. The molecule has 4 aromatic rings. The van der Waals surface area contributed by atoms with E-state index in [1.165, 1.54) is 6.07 Å². The molecular weight excluding hydrogens is 420 g/mol. The second-order valence-electron chi connectivity index (χ2n) is 7.57. The highest BCUT2D eigenvalue weighted by Gasteiger charge is 2.36. The zero-order chi connectivity index (χ0) is 21.9. The maximum Gasteiger partial charge on any atom is 0.274 e. The Labute approximate surface area is 181 Å². The number of aromatic hydroxyl groups is 1. The van der Waals surface area contributed by atoms with Gasteiger partial charge >= 0.3 is 0 Å². The molecule has 0 fully saturated rings. The van der Waals surface area contributed by atoms with Crippen molar-refractivity contribution in [2.24, 2.45) is 5.73 Å². The van der Waals surface area contributed by atoms with Gasteiger partial charge in [0.05, 0.1) is 18.3 Å². The number of H-pyrrole nitrogens is 2. The molecule has 0 spiro atoms. The van der Waals surface area contributed by atoms with Crippen molar-refractivity contribution in [1.82, 2.24) is 9.97 Å². The van der Waals surface area contributed by atoms with Crippen LogP contribution < -0.4 is 15.4 Å². The summed E-state index contributed by atoms with van der Waals surface area (Å²) in [6.07, 6.45) is 0. The number of aromatic nitrogens is 2. The predicted octanol–water partition coefficient (Wildman–Crippen LogP) is 3.45. The molecule has 0 aliphatic carbocycles. The maximum absolute atomic E-state index is 13.4. The van der Waals surface area contributed by atoms with Crippen LogP contribution in [0.2, 0.25) is 0 Å². The van der Waals surface area contributed by atoms with Gasteiger partial charge in [-0.15, -0.1) is 11.6 Å². The summed E-state index contributed by atoms with van der Waals surface area (Å²) in [5.41, 5.74) is 8.56. The Morgan fingerprint density at radius 3 is 2.74 bits per heavy atom. The van der Waals surface area contributed by atoms with E-state index in [1.807, 2.05) is 18.2 Å². The number of carbonyl (C=O) groups is 2. The molecule has 0 saturated carbocycles. The Kier molecular flexibility index (Phi) is 4.33. The van der Waals surface area contributed by atoms with Gasteiger partial charge in [0.15, 0.2) is 0 Å². The van der Waals surface area contributed by atoms with Gasteiger partial charge < -0.3 is 30.4 Å². The molecule has 5 rings (SSSR count). The lowest BCUT2D eigenvalue weighted by Crippen LogP contribution is -2.30. The van der Waals surface area contributed by atoms with E-state index in [0.717, 1.165) is 16.5 Å². The number of ether oxygens (including phenoxy) is 1. The zero-order valence-electron chi connectivity index (χ0n) is 16.5. The molecular formula is C22H19ClN4O4. The van der Waals surface area contributed by atoms with Crippen LogP contribution in [0, 0.1) is 0 Å². The molecule has 2 amide bonds. The molecule has 2 aromatic heterocycles. The number of primary amides is 1. The third-order valence-electron chi connectivity index (χ3n) is 5.77. The van der Waals surface area contributed by atoms with Crippen molar-refractivity contribution in [2.75, 3.05) is 24.4 Å². The number of halogens is 1. The standard InChI is InChI=1S/C22H19ClN4O4/c1-31-12-2-3-14-10(4-12)5-16(25-14)22(30)27-9-11(8-23)19-13-6-15(21(24)29)26-20(13)18(28)7-17(19)27/h2-7,11,25-26,28H,8-9H2,1H3,(H2,24,29). The lowest BCUT2D eigenvalue weighted by molar-refractivity contribution is 0.0980. The van der Waals surface area contributed by atoms with Gasteiger partial charge in [0.2, 0.25) is 0 Å². The van der Waals surface area contributed by atoms with Crippen LogP contribution in [0.3, 0.4) is 0 Å². The minimum atomic E-state index is -0.633. The van der Waals surface area contributed by atoms with Crippen molar-refractivity contribution < 1.29 is 19.4 Å². The van der Waals surface area contributed by atoms with Gasteiger partial charge in [0, 0.05) is 40.7 Å². The number of anilines is 1. The van der Waals surface area contributed by atoms with E-state index in [-0.39, 0.29) is 29.1 Å². The Morgan fingerprint density at radius 2 is 2.03 bits per heavy atom. The zero-order valence-corrected chi connectivity index (χ0v) is 17.3. The van der Waals surface area contributed by atoms with Crippen LogP contribution in [0.1, 0.15) is 32.5 Å². The number of nitrogens with two attached hydrogens (primary N) is 1. The first-order valence-corrected chi connectivity index (χ1v) is 10.2. The number of nitrogens with one attached hydrogen (secondary N) is 2. The maximum atomic E-state index is 13.4. The van der Waals surface area contributed by atoms with Crippen molar-refractivity contribution in [2.45, 2.75) is 5.92 Å². The highest BCUT2D eigenvalue weighted by atomic mass is 35.5. The van der Waals surface area contributed by atoms with Crippen LogP contribution in [0.4, 0.5) is 5.69 Å². The van der Waals surface area contributed by atoms with Gasteiger partial charge in [-0.2, -0.15) is 0 Å². The second-order valence-corrected chi connectivity index (χ2v) is 7.88. The van der Waals surface area contributed by atoms with Crippen LogP contribution >= 0.6 is 11.6 Å². The molecule has 8 nitrogen and oxygen atoms in total. The fourth-order valence-electron chi connectivity index (χ4n) is 4.30.